The van der Waals surface area contributed by atoms with Crippen molar-refractivity contribution in [3.8, 4) is 16.9 Å². The van der Waals surface area contributed by atoms with Gasteiger partial charge in [0.25, 0.3) is 0 Å². The largest absolute Gasteiger partial charge is 0.508 e. The molecule has 2 aromatic heterocycles. The van der Waals surface area contributed by atoms with Crippen LogP contribution < -0.4 is 5.69 Å². The van der Waals surface area contributed by atoms with Crippen LogP contribution in [0.15, 0.2) is 53.3 Å². The van der Waals surface area contributed by atoms with Crippen LogP contribution in [0.3, 0.4) is 0 Å². The van der Waals surface area contributed by atoms with Gasteiger partial charge in [0.05, 0.1) is 12.1 Å². The smallest absolute Gasteiger partial charge is 0.348 e. The molecule has 1 saturated heterocycles. The summed E-state index contributed by atoms with van der Waals surface area (Å²) in [6, 6.07) is 15.4. The molecule has 1 aliphatic heterocycles. The lowest BCUT2D eigenvalue weighted by Gasteiger charge is -2.23. The van der Waals surface area contributed by atoms with E-state index in [9.17, 15) is 15.0 Å². The fourth-order valence-electron chi connectivity index (χ4n) is 4.39. The van der Waals surface area contributed by atoms with Gasteiger partial charge in [-0.15, -0.1) is 0 Å². The topological polar surface area (TPSA) is 93.9 Å². The Morgan fingerprint density at radius 1 is 1.17 bits per heavy atom. The highest BCUT2D eigenvalue weighted by atomic mass is 16.3. The molecule has 7 heteroatoms. The first-order valence-corrected chi connectivity index (χ1v) is 9.82. The van der Waals surface area contributed by atoms with E-state index in [4.69, 9.17) is 0 Å². The molecule has 2 aromatic carbocycles. The van der Waals surface area contributed by atoms with Crippen molar-refractivity contribution >= 4 is 16.6 Å². The molecule has 0 unspecified atom stereocenters. The van der Waals surface area contributed by atoms with Crippen LogP contribution in [0, 0.1) is 0 Å². The maximum atomic E-state index is 12.2. The molecule has 0 radical (unpaired) electrons. The molecule has 4 aromatic rings. The van der Waals surface area contributed by atoms with Crippen LogP contribution in [-0.2, 0) is 6.54 Å². The Hall–Kier alpha value is -3.16. The number of aliphatic hydroxyl groups excluding tert-OH is 1. The third kappa shape index (κ3) is 2.99. The summed E-state index contributed by atoms with van der Waals surface area (Å²) in [4.78, 5) is 14.4. The molecule has 5 rings (SSSR count). The van der Waals surface area contributed by atoms with Gasteiger partial charge in [-0.1, -0.05) is 24.3 Å². The van der Waals surface area contributed by atoms with Gasteiger partial charge in [0.15, 0.2) is 5.65 Å². The van der Waals surface area contributed by atoms with Crippen LogP contribution in [0.25, 0.3) is 27.7 Å². The van der Waals surface area contributed by atoms with Crippen molar-refractivity contribution in [3.05, 3.63) is 64.6 Å². The number of phenols is 1. The number of nitrogens with zero attached hydrogens (tertiary/aromatic N) is 3. The molecule has 1 atom stereocenters. The lowest BCUT2D eigenvalue weighted by atomic mass is 9.98. The van der Waals surface area contributed by atoms with Crippen molar-refractivity contribution in [2.45, 2.75) is 25.4 Å². The normalized spacial score (nSPS) is 17.5. The predicted octanol–water partition coefficient (Wildman–Crippen LogP) is 2.51. The molecule has 0 aliphatic carbocycles. The Balaban J connectivity index is 1.64. The monoisotopic (exact) mass is 390 g/mol. The van der Waals surface area contributed by atoms with E-state index in [1.54, 1.807) is 10.5 Å². The van der Waals surface area contributed by atoms with E-state index in [1.807, 2.05) is 42.5 Å². The zero-order chi connectivity index (χ0) is 20.0. The number of hydrogen-bond donors (Lipinski definition) is 3. The highest BCUT2D eigenvalue weighted by molar-refractivity contribution is 5.97. The second-order valence-electron chi connectivity index (χ2n) is 7.59. The van der Waals surface area contributed by atoms with E-state index >= 15 is 0 Å². The standard InChI is InChI=1S/C22H22N4O3/c27-13-16-4-3-9-25(16)12-15-10-14(7-8-20(15)28)18-11-21-23-24-22(29)26(21)19-6-2-1-5-17(18)19/h1-2,5-8,10-11,16,27-28H,3-4,9,12-13H2,(H,24,29)/t16-/m1/s1. The third-order valence-corrected chi connectivity index (χ3v) is 5.88. The molecule has 0 saturated carbocycles. The Kier molecular flexibility index (Phi) is 4.34. The van der Waals surface area contributed by atoms with Gasteiger partial charge in [-0.25, -0.2) is 14.3 Å². The Morgan fingerprint density at radius 3 is 2.90 bits per heavy atom. The minimum atomic E-state index is -0.266. The maximum absolute atomic E-state index is 12.2. The summed E-state index contributed by atoms with van der Waals surface area (Å²) in [5.74, 6) is 0.249. The number of aromatic amines is 1. The van der Waals surface area contributed by atoms with Gasteiger partial charge in [0.2, 0.25) is 0 Å². The SMILES string of the molecule is O=c1[nH]nc2cc(-c3ccc(O)c(CN4CCC[C@@H]4CO)c3)c3ccccc3n12. The van der Waals surface area contributed by atoms with E-state index in [0.717, 1.165) is 47.0 Å². The molecule has 0 bridgehead atoms. The van der Waals surface area contributed by atoms with E-state index < -0.39 is 0 Å². The number of phenolic OH excluding ortho intramolecular Hbond substituents is 1. The molecule has 1 aliphatic rings. The highest BCUT2D eigenvalue weighted by Gasteiger charge is 2.24. The number of aromatic nitrogens is 3. The van der Waals surface area contributed by atoms with E-state index in [1.165, 1.54) is 0 Å². The zero-order valence-corrected chi connectivity index (χ0v) is 15.9. The van der Waals surface area contributed by atoms with Crippen LogP contribution >= 0.6 is 0 Å². The highest BCUT2D eigenvalue weighted by Crippen LogP contribution is 2.33. The van der Waals surface area contributed by atoms with Gasteiger partial charge < -0.3 is 10.2 Å². The zero-order valence-electron chi connectivity index (χ0n) is 15.9. The van der Waals surface area contributed by atoms with Crippen LogP contribution in [0.1, 0.15) is 18.4 Å². The van der Waals surface area contributed by atoms with Crippen molar-refractivity contribution in [3.63, 3.8) is 0 Å². The van der Waals surface area contributed by atoms with Gasteiger partial charge in [-0.3, -0.25) is 4.90 Å². The van der Waals surface area contributed by atoms with Crippen molar-refractivity contribution in [2.24, 2.45) is 0 Å². The number of nitrogens with one attached hydrogen (secondary N) is 1. The number of fused-ring (bicyclic) bond motifs is 3. The molecule has 1 fully saturated rings. The minimum absolute atomic E-state index is 0.135. The number of aromatic hydroxyl groups is 1. The van der Waals surface area contributed by atoms with Crippen molar-refractivity contribution in [1.29, 1.82) is 0 Å². The van der Waals surface area contributed by atoms with Gasteiger partial charge in [-0.2, -0.15) is 5.10 Å². The first-order chi connectivity index (χ1) is 14.2. The molecule has 0 amide bonds. The molecule has 7 nitrogen and oxygen atoms in total. The molecule has 29 heavy (non-hydrogen) atoms. The number of aliphatic hydroxyl groups is 1. The predicted molar refractivity (Wildman–Crippen MR) is 111 cm³/mol. The number of H-pyrrole nitrogens is 1. The van der Waals surface area contributed by atoms with Crippen LogP contribution in [0.4, 0.5) is 0 Å². The Bertz CT molecular complexity index is 1260. The van der Waals surface area contributed by atoms with Gasteiger partial charge in [0.1, 0.15) is 5.75 Å². The quantitative estimate of drug-likeness (QED) is 0.498. The van der Waals surface area contributed by atoms with Crippen LogP contribution in [0.2, 0.25) is 0 Å². The summed E-state index contributed by atoms with van der Waals surface area (Å²) in [5, 5.41) is 27.6. The number of benzene rings is 2. The summed E-state index contributed by atoms with van der Waals surface area (Å²) in [6.45, 7) is 1.64. The number of hydrogen-bond acceptors (Lipinski definition) is 5. The average molecular weight is 390 g/mol. The lowest BCUT2D eigenvalue weighted by Crippen LogP contribution is -2.31. The second kappa shape index (κ2) is 7.02. The van der Waals surface area contributed by atoms with Gasteiger partial charge in [-0.05, 0) is 54.8 Å². The summed E-state index contributed by atoms with van der Waals surface area (Å²) < 4.78 is 1.57. The molecular formula is C22H22N4O3. The number of pyridine rings is 1. The van der Waals surface area contributed by atoms with Crippen molar-refractivity contribution in [1.82, 2.24) is 19.5 Å². The van der Waals surface area contributed by atoms with Gasteiger partial charge in [0, 0.05) is 23.5 Å². The summed E-state index contributed by atoms with van der Waals surface area (Å²) in [6.07, 6.45) is 2.03. The van der Waals surface area contributed by atoms with E-state index in [0.29, 0.717) is 12.2 Å². The minimum Gasteiger partial charge on any atom is -0.508 e. The first-order valence-electron chi connectivity index (χ1n) is 9.82. The number of rotatable bonds is 4. The first kappa shape index (κ1) is 17.9. The molecule has 148 valence electrons. The van der Waals surface area contributed by atoms with Crippen molar-refractivity contribution < 1.29 is 10.2 Å². The lowest BCUT2D eigenvalue weighted by molar-refractivity contribution is 0.152. The molecule has 0 spiro atoms. The number of para-hydroxylation sites is 1. The fraction of sp³-hybridized carbons (Fsp3) is 0.273. The summed E-state index contributed by atoms with van der Waals surface area (Å²) in [7, 11) is 0. The van der Waals surface area contributed by atoms with E-state index in [2.05, 4.69) is 15.1 Å². The average Bonchev–Trinajstić information content (AvgIpc) is 3.35. The second-order valence-corrected chi connectivity index (χ2v) is 7.59. The maximum Gasteiger partial charge on any atom is 0.348 e. The van der Waals surface area contributed by atoms with Gasteiger partial charge >= 0.3 is 5.69 Å². The van der Waals surface area contributed by atoms with Crippen molar-refractivity contribution in [2.75, 3.05) is 13.2 Å². The molecule has 3 heterocycles. The summed E-state index contributed by atoms with van der Waals surface area (Å²) >= 11 is 0. The number of likely N-dealkylation sites (tertiary alicyclic amines) is 1. The Morgan fingerprint density at radius 2 is 2.03 bits per heavy atom. The van der Waals surface area contributed by atoms with Crippen LogP contribution in [-0.4, -0.2) is 48.9 Å². The molecular weight excluding hydrogens is 368 g/mol. The third-order valence-electron chi connectivity index (χ3n) is 5.88. The fourth-order valence-corrected chi connectivity index (χ4v) is 4.39. The van der Waals surface area contributed by atoms with Crippen LogP contribution in [0.5, 0.6) is 5.75 Å². The molecule has 3 N–H and O–H groups in total. The Labute approximate surface area is 166 Å². The summed E-state index contributed by atoms with van der Waals surface area (Å²) in [5.41, 5.74) is 3.80. The van der Waals surface area contributed by atoms with E-state index in [-0.39, 0.29) is 24.1 Å².